The summed E-state index contributed by atoms with van der Waals surface area (Å²) in [6, 6.07) is 13.7. The molecule has 0 fully saturated rings. The number of ether oxygens (including phenoxy) is 1. The number of benzene rings is 2. The van der Waals surface area contributed by atoms with Gasteiger partial charge in [0.1, 0.15) is 5.75 Å². The van der Waals surface area contributed by atoms with Gasteiger partial charge in [0.25, 0.3) is 0 Å². The molecule has 0 spiro atoms. The van der Waals surface area contributed by atoms with Crippen LogP contribution in [-0.4, -0.2) is 18.6 Å². The number of aryl methyl sites for hydroxylation is 2. The summed E-state index contributed by atoms with van der Waals surface area (Å²) in [5, 5.41) is 6.18. The average molecular weight is 326 g/mol. The van der Waals surface area contributed by atoms with Gasteiger partial charge in [-0.05, 0) is 50.5 Å². The van der Waals surface area contributed by atoms with Crippen molar-refractivity contribution >= 4 is 17.3 Å². The number of amides is 1. The topological polar surface area (TPSA) is 50.4 Å². The van der Waals surface area contributed by atoms with E-state index in [2.05, 4.69) is 23.6 Å². The maximum absolute atomic E-state index is 12.3. The highest BCUT2D eigenvalue weighted by molar-refractivity contribution is 5.95. The van der Waals surface area contributed by atoms with Gasteiger partial charge in [0.15, 0.2) is 0 Å². The van der Waals surface area contributed by atoms with E-state index < -0.39 is 0 Å². The van der Waals surface area contributed by atoms with Gasteiger partial charge in [-0.15, -0.1) is 0 Å². The first-order valence-corrected chi connectivity index (χ1v) is 8.39. The molecule has 4 heteroatoms. The molecule has 0 heterocycles. The van der Waals surface area contributed by atoms with E-state index in [1.807, 2.05) is 57.2 Å². The van der Waals surface area contributed by atoms with Crippen LogP contribution in [0.5, 0.6) is 5.75 Å². The smallest absolute Gasteiger partial charge is 0.243 e. The molecule has 0 radical (unpaired) electrons. The Hall–Kier alpha value is -2.49. The van der Waals surface area contributed by atoms with Crippen molar-refractivity contribution in [3.8, 4) is 5.75 Å². The standard InChI is InChI=1S/C20H26N2O2/c1-5-16-10-8-9-15(4)20(16)21-13-19(23)22-17-11-6-7-12-18(17)24-14(2)3/h6-12,14,21H,5,13H2,1-4H3,(H,22,23). The van der Waals surface area contributed by atoms with Crippen molar-refractivity contribution in [2.45, 2.75) is 40.2 Å². The van der Waals surface area contributed by atoms with Crippen molar-refractivity contribution in [1.82, 2.24) is 0 Å². The van der Waals surface area contributed by atoms with Gasteiger partial charge in [-0.1, -0.05) is 37.3 Å². The van der Waals surface area contributed by atoms with E-state index >= 15 is 0 Å². The summed E-state index contributed by atoms with van der Waals surface area (Å²) < 4.78 is 5.73. The first kappa shape index (κ1) is 17.9. The maximum atomic E-state index is 12.3. The van der Waals surface area contributed by atoms with Gasteiger partial charge < -0.3 is 15.4 Å². The summed E-state index contributed by atoms with van der Waals surface area (Å²) >= 11 is 0. The van der Waals surface area contributed by atoms with Crippen LogP contribution in [-0.2, 0) is 11.2 Å². The summed E-state index contributed by atoms with van der Waals surface area (Å²) in [5.41, 5.74) is 4.09. The molecule has 2 aromatic rings. The minimum absolute atomic E-state index is 0.0558. The van der Waals surface area contributed by atoms with Crippen LogP contribution in [0, 0.1) is 6.92 Å². The lowest BCUT2D eigenvalue weighted by Gasteiger charge is -2.16. The zero-order valence-electron chi connectivity index (χ0n) is 14.8. The summed E-state index contributed by atoms with van der Waals surface area (Å²) in [6.45, 7) is 8.30. The third-order valence-corrected chi connectivity index (χ3v) is 3.69. The Morgan fingerprint density at radius 2 is 1.88 bits per heavy atom. The highest BCUT2D eigenvalue weighted by Crippen LogP contribution is 2.25. The Bertz CT molecular complexity index is 696. The molecule has 0 unspecified atom stereocenters. The molecular weight excluding hydrogens is 300 g/mol. The number of hydrogen-bond donors (Lipinski definition) is 2. The van der Waals surface area contributed by atoms with Crippen LogP contribution in [0.4, 0.5) is 11.4 Å². The fraction of sp³-hybridized carbons (Fsp3) is 0.350. The van der Waals surface area contributed by atoms with Gasteiger partial charge >= 0.3 is 0 Å². The molecule has 0 saturated heterocycles. The van der Waals surface area contributed by atoms with Crippen molar-refractivity contribution < 1.29 is 9.53 Å². The van der Waals surface area contributed by atoms with Crippen molar-refractivity contribution in [2.75, 3.05) is 17.2 Å². The minimum atomic E-state index is -0.0971. The van der Waals surface area contributed by atoms with Gasteiger partial charge in [-0.25, -0.2) is 0 Å². The van der Waals surface area contributed by atoms with Gasteiger partial charge in [0.2, 0.25) is 5.91 Å². The molecule has 2 aromatic carbocycles. The number of para-hydroxylation sites is 3. The third-order valence-electron chi connectivity index (χ3n) is 3.69. The van der Waals surface area contributed by atoms with Crippen LogP contribution < -0.4 is 15.4 Å². The second kappa shape index (κ2) is 8.39. The highest BCUT2D eigenvalue weighted by atomic mass is 16.5. The predicted octanol–water partition coefficient (Wildman–Crippen LogP) is 4.40. The molecular formula is C20H26N2O2. The second-order valence-corrected chi connectivity index (χ2v) is 6.03. The largest absolute Gasteiger partial charge is 0.489 e. The van der Waals surface area contributed by atoms with Crippen LogP contribution in [0.15, 0.2) is 42.5 Å². The molecule has 24 heavy (non-hydrogen) atoms. The average Bonchev–Trinajstić information content (AvgIpc) is 2.55. The van der Waals surface area contributed by atoms with Crippen LogP contribution >= 0.6 is 0 Å². The van der Waals surface area contributed by atoms with E-state index in [0.717, 1.165) is 17.7 Å². The number of hydrogen-bond acceptors (Lipinski definition) is 3. The lowest BCUT2D eigenvalue weighted by Crippen LogP contribution is -2.23. The van der Waals surface area contributed by atoms with Gasteiger partial charge in [0.05, 0.1) is 18.3 Å². The molecule has 0 aliphatic heterocycles. The Labute approximate surface area is 144 Å². The van der Waals surface area contributed by atoms with E-state index in [-0.39, 0.29) is 18.6 Å². The first-order valence-electron chi connectivity index (χ1n) is 8.39. The number of carbonyl (C=O) groups is 1. The van der Waals surface area contributed by atoms with Gasteiger partial charge in [0, 0.05) is 5.69 Å². The fourth-order valence-corrected chi connectivity index (χ4v) is 2.57. The number of anilines is 2. The maximum Gasteiger partial charge on any atom is 0.243 e. The van der Waals surface area contributed by atoms with E-state index in [9.17, 15) is 4.79 Å². The lowest BCUT2D eigenvalue weighted by molar-refractivity contribution is -0.114. The monoisotopic (exact) mass is 326 g/mol. The van der Waals surface area contributed by atoms with Gasteiger partial charge in [-0.3, -0.25) is 4.79 Å². The van der Waals surface area contributed by atoms with Crippen molar-refractivity contribution in [1.29, 1.82) is 0 Å². The van der Waals surface area contributed by atoms with E-state index in [1.165, 1.54) is 5.56 Å². The Kier molecular flexibility index (Phi) is 6.24. The third kappa shape index (κ3) is 4.75. The molecule has 0 bridgehead atoms. The van der Waals surface area contributed by atoms with Gasteiger partial charge in [-0.2, -0.15) is 0 Å². The molecule has 2 rings (SSSR count). The Morgan fingerprint density at radius 3 is 2.58 bits per heavy atom. The normalized spacial score (nSPS) is 10.5. The summed E-state index contributed by atoms with van der Waals surface area (Å²) in [5.74, 6) is 0.589. The molecule has 0 saturated carbocycles. The zero-order valence-corrected chi connectivity index (χ0v) is 14.8. The summed E-state index contributed by atoms with van der Waals surface area (Å²) in [7, 11) is 0. The van der Waals surface area contributed by atoms with Crippen LogP contribution in [0.25, 0.3) is 0 Å². The molecule has 0 aliphatic carbocycles. The van der Waals surface area contributed by atoms with Crippen molar-refractivity contribution in [2.24, 2.45) is 0 Å². The van der Waals surface area contributed by atoms with E-state index in [0.29, 0.717) is 11.4 Å². The number of rotatable bonds is 7. The molecule has 128 valence electrons. The second-order valence-electron chi connectivity index (χ2n) is 6.03. The Morgan fingerprint density at radius 1 is 1.12 bits per heavy atom. The zero-order chi connectivity index (χ0) is 17.5. The molecule has 4 nitrogen and oxygen atoms in total. The highest BCUT2D eigenvalue weighted by Gasteiger charge is 2.10. The number of carbonyl (C=O) groups excluding carboxylic acids is 1. The quantitative estimate of drug-likeness (QED) is 0.793. The van der Waals surface area contributed by atoms with E-state index in [1.54, 1.807) is 0 Å². The van der Waals surface area contributed by atoms with Crippen LogP contribution in [0.3, 0.4) is 0 Å². The molecule has 0 aromatic heterocycles. The van der Waals surface area contributed by atoms with E-state index in [4.69, 9.17) is 4.74 Å². The van der Waals surface area contributed by atoms with Crippen LogP contribution in [0.1, 0.15) is 31.9 Å². The molecule has 1 amide bonds. The lowest BCUT2D eigenvalue weighted by atomic mass is 10.1. The predicted molar refractivity (Wildman–Crippen MR) is 99.9 cm³/mol. The SMILES string of the molecule is CCc1cccc(C)c1NCC(=O)Nc1ccccc1OC(C)C. The van der Waals surface area contributed by atoms with Crippen molar-refractivity contribution in [3.05, 3.63) is 53.6 Å². The summed E-state index contributed by atoms with van der Waals surface area (Å²) in [4.78, 5) is 12.3. The summed E-state index contributed by atoms with van der Waals surface area (Å²) in [6.07, 6.45) is 0.983. The Balaban J connectivity index is 2.02. The number of nitrogens with one attached hydrogen (secondary N) is 2. The molecule has 0 aliphatic rings. The van der Waals surface area contributed by atoms with Crippen LogP contribution in [0.2, 0.25) is 0 Å². The minimum Gasteiger partial charge on any atom is -0.489 e. The van der Waals surface area contributed by atoms with Crippen molar-refractivity contribution in [3.63, 3.8) is 0 Å². The fourth-order valence-electron chi connectivity index (χ4n) is 2.57. The first-order chi connectivity index (χ1) is 11.5. The molecule has 2 N–H and O–H groups in total. The molecule has 0 atom stereocenters.